The van der Waals surface area contributed by atoms with Crippen molar-refractivity contribution in [3.63, 3.8) is 0 Å². The van der Waals surface area contributed by atoms with Gasteiger partial charge in [-0.2, -0.15) is 0 Å². The Kier molecular flexibility index (Phi) is 8.68. The standard InChI is InChI=1S/C32H44N2/c1-9-11-13-14-16-30-29(15-12-10-2)31(27-17-21(3)25(7)22(4)18-27)34(33)32(30)28-19-23(5)26(8)24(6)20-28/h17-20H,9-16H2,1-8H3. The first-order valence-electron chi connectivity index (χ1n) is 13.3. The summed E-state index contributed by atoms with van der Waals surface area (Å²) in [5.74, 6) is 0. The van der Waals surface area contributed by atoms with Gasteiger partial charge in [0.05, 0.1) is 0 Å². The molecule has 182 valence electrons. The Morgan fingerprint density at radius 2 is 0.941 bits per heavy atom. The molecule has 0 saturated carbocycles. The summed E-state index contributed by atoms with van der Waals surface area (Å²) >= 11 is 0. The summed E-state index contributed by atoms with van der Waals surface area (Å²) in [6.07, 6.45) is 9.22. The molecule has 0 unspecified atom stereocenters. The molecule has 34 heavy (non-hydrogen) atoms. The molecule has 1 aliphatic rings. The minimum absolute atomic E-state index is 0.996. The molecule has 0 spiro atoms. The molecule has 1 heterocycles. The molecule has 0 fully saturated rings. The summed E-state index contributed by atoms with van der Waals surface area (Å²) in [5, 5.41) is 0. The number of allylic oxidation sites excluding steroid dienone is 2. The number of nitrogens with zero attached hydrogens (tertiary/aromatic N) is 2. The van der Waals surface area contributed by atoms with Gasteiger partial charge in [0, 0.05) is 22.3 Å². The highest BCUT2D eigenvalue weighted by molar-refractivity contribution is 5.82. The number of rotatable bonds is 10. The third-order valence-corrected chi connectivity index (χ3v) is 7.82. The molecule has 1 aliphatic heterocycles. The van der Waals surface area contributed by atoms with Crippen LogP contribution >= 0.6 is 0 Å². The normalized spacial score (nSPS) is 14.1. The van der Waals surface area contributed by atoms with Crippen LogP contribution in [-0.4, -0.2) is 4.70 Å². The van der Waals surface area contributed by atoms with Crippen LogP contribution < -0.4 is 0 Å². The topological polar surface area (TPSA) is 25.3 Å². The van der Waals surface area contributed by atoms with E-state index in [1.807, 2.05) is 0 Å². The number of benzene rings is 2. The molecule has 2 heteroatoms. The number of hydrogen-bond donors (Lipinski definition) is 0. The van der Waals surface area contributed by atoms with Crippen LogP contribution in [0.25, 0.3) is 16.9 Å². The van der Waals surface area contributed by atoms with Gasteiger partial charge in [-0.05, 0) is 125 Å². The van der Waals surface area contributed by atoms with E-state index in [0.29, 0.717) is 0 Å². The van der Waals surface area contributed by atoms with Gasteiger partial charge in [0.15, 0.2) is 0 Å². The zero-order valence-electron chi connectivity index (χ0n) is 22.9. The molecule has 0 radical (unpaired) electrons. The smallest absolute Gasteiger partial charge is 0.211 e. The Morgan fingerprint density at radius 1 is 0.559 bits per heavy atom. The zero-order valence-corrected chi connectivity index (χ0v) is 22.9. The molecule has 0 amide bonds. The summed E-state index contributed by atoms with van der Waals surface area (Å²) in [6, 6.07) is 9.05. The first kappa shape index (κ1) is 26.1. The quantitative estimate of drug-likeness (QED) is 0.251. The Labute approximate surface area is 208 Å². The fourth-order valence-electron chi connectivity index (χ4n) is 5.21. The fraction of sp³-hybridized carbons (Fsp3) is 0.500. The Hall–Kier alpha value is -2.48. The number of hydrogen-bond acceptors (Lipinski definition) is 0. The third-order valence-electron chi connectivity index (χ3n) is 7.82. The average Bonchev–Trinajstić information content (AvgIpc) is 3.07. The van der Waals surface area contributed by atoms with Gasteiger partial charge in [-0.3, -0.25) is 0 Å². The molecule has 0 saturated heterocycles. The van der Waals surface area contributed by atoms with Gasteiger partial charge >= 0.3 is 0 Å². The molecular weight excluding hydrogens is 412 g/mol. The summed E-state index contributed by atoms with van der Waals surface area (Å²) in [5.41, 5.74) is 26.6. The van der Waals surface area contributed by atoms with E-state index >= 15 is 0 Å². The van der Waals surface area contributed by atoms with Crippen molar-refractivity contribution in [2.45, 2.75) is 107 Å². The maximum Gasteiger partial charge on any atom is 0.211 e. The van der Waals surface area contributed by atoms with Crippen molar-refractivity contribution in [1.82, 2.24) is 0 Å². The van der Waals surface area contributed by atoms with E-state index in [-0.39, 0.29) is 0 Å². The lowest BCUT2D eigenvalue weighted by Gasteiger charge is -2.14. The van der Waals surface area contributed by atoms with Gasteiger partial charge in [-0.15, -0.1) is 0 Å². The molecule has 0 aliphatic carbocycles. The second-order valence-electron chi connectivity index (χ2n) is 10.4. The molecule has 0 bridgehead atoms. The van der Waals surface area contributed by atoms with E-state index in [9.17, 15) is 5.53 Å². The number of unbranched alkanes of at least 4 members (excludes halogenated alkanes) is 4. The van der Waals surface area contributed by atoms with Crippen LogP contribution in [0.5, 0.6) is 0 Å². The van der Waals surface area contributed by atoms with Gasteiger partial charge < -0.3 is 5.53 Å². The first-order chi connectivity index (χ1) is 16.2. The molecule has 0 N–H and O–H groups in total. The van der Waals surface area contributed by atoms with Gasteiger partial charge in [-0.25, -0.2) is 4.70 Å². The summed E-state index contributed by atoms with van der Waals surface area (Å²) in [7, 11) is 0. The first-order valence-corrected chi connectivity index (χ1v) is 13.3. The number of aryl methyl sites for hydroxylation is 4. The third kappa shape index (κ3) is 5.27. The van der Waals surface area contributed by atoms with Gasteiger partial charge in [-0.1, -0.05) is 39.5 Å². The average molecular weight is 457 g/mol. The summed E-state index contributed by atoms with van der Waals surface area (Å²) in [6.45, 7) is 17.6. The lowest BCUT2D eigenvalue weighted by Crippen LogP contribution is -2.05. The van der Waals surface area contributed by atoms with E-state index in [2.05, 4.69) is 79.7 Å². The van der Waals surface area contributed by atoms with Crippen molar-refractivity contribution in [3.05, 3.63) is 85.5 Å². The molecule has 2 aromatic carbocycles. The van der Waals surface area contributed by atoms with E-state index < -0.39 is 0 Å². The predicted molar refractivity (Wildman–Crippen MR) is 147 cm³/mol. The summed E-state index contributed by atoms with van der Waals surface area (Å²) < 4.78 is 1.53. The molecule has 3 rings (SSSR count). The van der Waals surface area contributed by atoms with E-state index in [1.165, 1.54) is 74.9 Å². The SMILES string of the molecule is CCCCCCC1=C(c2cc(C)c(C)c(C)c2)[N+](=[N-])C(c2cc(C)c(C)c(C)c2)=C1CCCC. The van der Waals surface area contributed by atoms with Gasteiger partial charge in [0.25, 0.3) is 0 Å². The lowest BCUT2D eigenvalue weighted by molar-refractivity contribution is -0.345. The highest BCUT2D eigenvalue weighted by atomic mass is 15.2. The summed E-state index contributed by atoms with van der Waals surface area (Å²) in [4.78, 5) is 0. The molecule has 0 atom stereocenters. The van der Waals surface area contributed by atoms with Crippen LogP contribution in [0.2, 0.25) is 0 Å². The van der Waals surface area contributed by atoms with E-state index in [1.54, 1.807) is 0 Å². The highest BCUT2D eigenvalue weighted by Crippen LogP contribution is 2.45. The van der Waals surface area contributed by atoms with Crippen LogP contribution in [0.15, 0.2) is 35.4 Å². The van der Waals surface area contributed by atoms with Crippen molar-refractivity contribution in [2.24, 2.45) is 0 Å². The second kappa shape index (κ2) is 11.3. The van der Waals surface area contributed by atoms with Crippen LogP contribution in [-0.2, 0) is 0 Å². The van der Waals surface area contributed by atoms with Crippen molar-refractivity contribution >= 4 is 11.4 Å². The maximum absolute atomic E-state index is 11.8. The second-order valence-corrected chi connectivity index (χ2v) is 10.4. The van der Waals surface area contributed by atoms with Crippen LogP contribution in [0.3, 0.4) is 0 Å². The molecule has 2 nitrogen and oxygen atoms in total. The minimum atomic E-state index is 0.996. The Balaban J connectivity index is 2.22. The van der Waals surface area contributed by atoms with Crippen LogP contribution in [0, 0.1) is 41.5 Å². The highest BCUT2D eigenvalue weighted by Gasteiger charge is 2.35. The van der Waals surface area contributed by atoms with E-state index in [4.69, 9.17) is 0 Å². The minimum Gasteiger partial charge on any atom is -0.493 e. The molecule has 2 aromatic rings. The monoisotopic (exact) mass is 456 g/mol. The lowest BCUT2D eigenvalue weighted by atomic mass is 9.90. The fourth-order valence-corrected chi connectivity index (χ4v) is 5.21. The van der Waals surface area contributed by atoms with Crippen molar-refractivity contribution in [2.75, 3.05) is 0 Å². The van der Waals surface area contributed by atoms with Crippen molar-refractivity contribution < 1.29 is 4.70 Å². The Morgan fingerprint density at radius 3 is 1.32 bits per heavy atom. The van der Waals surface area contributed by atoms with Crippen LogP contribution in [0.1, 0.15) is 110 Å². The van der Waals surface area contributed by atoms with Crippen molar-refractivity contribution in [1.29, 1.82) is 0 Å². The largest absolute Gasteiger partial charge is 0.493 e. The zero-order chi connectivity index (χ0) is 25.0. The predicted octanol–water partition coefficient (Wildman–Crippen LogP) is 9.87. The van der Waals surface area contributed by atoms with Crippen LogP contribution in [0.4, 0.5) is 0 Å². The van der Waals surface area contributed by atoms with Gasteiger partial charge in [0.1, 0.15) is 0 Å². The molecular formula is C32H44N2. The van der Waals surface area contributed by atoms with Gasteiger partial charge in [0.2, 0.25) is 11.4 Å². The van der Waals surface area contributed by atoms with Crippen molar-refractivity contribution in [3.8, 4) is 0 Å². The maximum atomic E-state index is 11.8. The van der Waals surface area contributed by atoms with E-state index in [0.717, 1.165) is 48.2 Å². The molecule has 0 aromatic heterocycles. The Bertz CT molecular complexity index is 1100.